The van der Waals surface area contributed by atoms with E-state index in [4.69, 9.17) is 10.9 Å². The highest BCUT2D eigenvalue weighted by Crippen LogP contribution is 1.97. The van der Waals surface area contributed by atoms with Crippen molar-refractivity contribution < 1.29 is 10.0 Å². The first-order valence-corrected chi connectivity index (χ1v) is 3.72. The Hall–Kier alpha value is -1.26. The van der Waals surface area contributed by atoms with Crippen LogP contribution in [0.2, 0.25) is 0 Å². The molecule has 0 saturated carbocycles. The van der Waals surface area contributed by atoms with E-state index in [-0.39, 0.29) is 24.3 Å². The Bertz CT molecular complexity index is 189. The van der Waals surface area contributed by atoms with Gasteiger partial charge in [0.25, 0.3) is 0 Å². The maximum Gasteiger partial charge on any atom is 0.220 e. The van der Waals surface area contributed by atoms with Crippen molar-refractivity contribution >= 4 is 11.7 Å². The van der Waals surface area contributed by atoms with E-state index in [0.29, 0.717) is 0 Å². The average Bonchev–Trinajstić information content (AvgIpc) is 1.98. The van der Waals surface area contributed by atoms with E-state index >= 15 is 0 Å². The molecule has 0 bridgehead atoms. The highest BCUT2D eigenvalue weighted by molar-refractivity contribution is 5.86. The fraction of sp³-hybridized carbons (Fsp3) is 0.714. The fourth-order valence-corrected chi connectivity index (χ4v) is 0.864. The number of nitrogens with zero attached hydrogens (tertiary/aromatic N) is 2. The molecule has 0 aliphatic carbocycles. The molecule has 0 unspecified atom stereocenters. The lowest BCUT2D eigenvalue weighted by atomic mass is 10.3. The van der Waals surface area contributed by atoms with Crippen molar-refractivity contribution in [2.45, 2.75) is 26.8 Å². The molecule has 0 rings (SSSR count). The molecule has 0 radical (unpaired) electrons. The van der Waals surface area contributed by atoms with Crippen LogP contribution >= 0.6 is 0 Å². The van der Waals surface area contributed by atoms with Crippen molar-refractivity contribution in [1.82, 2.24) is 4.90 Å². The first-order valence-electron chi connectivity index (χ1n) is 3.72. The van der Waals surface area contributed by atoms with Crippen LogP contribution in [-0.2, 0) is 4.79 Å². The lowest BCUT2D eigenvalue weighted by Crippen LogP contribution is -2.41. The monoisotopic (exact) mass is 173 g/mol. The highest BCUT2D eigenvalue weighted by atomic mass is 16.4. The normalized spacial score (nSPS) is 11.8. The molecule has 0 saturated heterocycles. The number of rotatable bonds is 3. The summed E-state index contributed by atoms with van der Waals surface area (Å²) in [5.74, 6) is -0.0458. The summed E-state index contributed by atoms with van der Waals surface area (Å²) in [7, 11) is 0. The molecular formula is C7H15N3O2. The predicted octanol–water partition coefficient (Wildman–Crippen LogP) is -0.0103. The van der Waals surface area contributed by atoms with Gasteiger partial charge in [0.1, 0.15) is 0 Å². The maximum atomic E-state index is 11.0. The van der Waals surface area contributed by atoms with E-state index in [9.17, 15) is 4.79 Å². The Morgan fingerprint density at radius 3 is 2.42 bits per heavy atom. The fourth-order valence-electron chi connectivity index (χ4n) is 0.864. The number of carbonyl (C=O) groups excluding carboxylic acids is 1. The molecule has 5 nitrogen and oxygen atoms in total. The Morgan fingerprint density at radius 1 is 1.67 bits per heavy atom. The third kappa shape index (κ3) is 3.23. The zero-order valence-corrected chi connectivity index (χ0v) is 7.61. The second-order valence-electron chi connectivity index (χ2n) is 2.83. The molecular weight excluding hydrogens is 158 g/mol. The van der Waals surface area contributed by atoms with Crippen LogP contribution < -0.4 is 5.73 Å². The second-order valence-corrected chi connectivity index (χ2v) is 2.83. The SMILES string of the molecule is CC(=O)N(CC(N)=NO)C(C)C. The largest absolute Gasteiger partial charge is 0.409 e. The zero-order chi connectivity index (χ0) is 9.72. The van der Waals surface area contributed by atoms with Gasteiger partial charge >= 0.3 is 0 Å². The van der Waals surface area contributed by atoms with Crippen molar-refractivity contribution in [2.75, 3.05) is 6.54 Å². The molecule has 5 heteroatoms. The summed E-state index contributed by atoms with van der Waals surface area (Å²) in [5, 5.41) is 11.1. The van der Waals surface area contributed by atoms with Gasteiger partial charge in [-0.25, -0.2) is 0 Å². The highest BCUT2D eigenvalue weighted by Gasteiger charge is 2.13. The van der Waals surface area contributed by atoms with Crippen molar-refractivity contribution in [2.24, 2.45) is 10.9 Å². The molecule has 0 fully saturated rings. The van der Waals surface area contributed by atoms with Gasteiger partial charge in [-0.2, -0.15) is 0 Å². The number of amidine groups is 1. The Balaban J connectivity index is 4.24. The summed E-state index contributed by atoms with van der Waals surface area (Å²) >= 11 is 0. The topological polar surface area (TPSA) is 78.9 Å². The van der Waals surface area contributed by atoms with E-state index in [2.05, 4.69) is 5.16 Å². The molecule has 0 atom stereocenters. The number of hydrogen-bond donors (Lipinski definition) is 2. The smallest absolute Gasteiger partial charge is 0.220 e. The van der Waals surface area contributed by atoms with Gasteiger partial charge in [-0.05, 0) is 13.8 Å². The van der Waals surface area contributed by atoms with Gasteiger partial charge in [0.05, 0.1) is 6.54 Å². The minimum absolute atomic E-state index is 0.0406. The van der Waals surface area contributed by atoms with Gasteiger partial charge in [-0.3, -0.25) is 4.79 Å². The van der Waals surface area contributed by atoms with Crippen LogP contribution in [0, 0.1) is 0 Å². The summed E-state index contributed by atoms with van der Waals surface area (Å²) < 4.78 is 0. The van der Waals surface area contributed by atoms with E-state index in [1.807, 2.05) is 13.8 Å². The first-order chi connectivity index (χ1) is 5.49. The number of carbonyl (C=O) groups is 1. The molecule has 0 aliphatic heterocycles. The molecule has 12 heavy (non-hydrogen) atoms. The maximum absolute atomic E-state index is 11.0. The van der Waals surface area contributed by atoms with Crippen LogP contribution in [0.15, 0.2) is 5.16 Å². The molecule has 0 aromatic carbocycles. The van der Waals surface area contributed by atoms with Crippen LogP contribution in [0.3, 0.4) is 0 Å². The van der Waals surface area contributed by atoms with E-state index in [1.165, 1.54) is 11.8 Å². The number of hydrogen-bond acceptors (Lipinski definition) is 3. The van der Waals surface area contributed by atoms with Gasteiger partial charge in [0, 0.05) is 13.0 Å². The predicted molar refractivity (Wildman–Crippen MR) is 45.9 cm³/mol. The van der Waals surface area contributed by atoms with Crippen LogP contribution in [0.4, 0.5) is 0 Å². The van der Waals surface area contributed by atoms with Crippen LogP contribution in [0.1, 0.15) is 20.8 Å². The minimum Gasteiger partial charge on any atom is -0.409 e. The molecule has 0 spiro atoms. The van der Waals surface area contributed by atoms with Gasteiger partial charge in [-0.15, -0.1) is 0 Å². The third-order valence-electron chi connectivity index (χ3n) is 1.49. The molecule has 3 N–H and O–H groups in total. The number of oxime groups is 1. The Labute approximate surface area is 71.8 Å². The van der Waals surface area contributed by atoms with Crippen LogP contribution in [0.25, 0.3) is 0 Å². The van der Waals surface area contributed by atoms with Gasteiger partial charge in [0.2, 0.25) is 5.91 Å². The second kappa shape index (κ2) is 4.58. The summed E-state index contributed by atoms with van der Waals surface area (Å²) in [4.78, 5) is 12.5. The van der Waals surface area contributed by atoms with E-state index in [1.54, 1.807) is 0 Å². The van der Waals surface area contributed by atoms with E-state index in [0.717, 1.165) is 0 Å². The molecule has 0 heterocycles. The number of amides is 1. The van der Waals surface area contributed by atoms with Gasteiger partial charge in [0.15, 0.2) is 5.84 Å². The lowest BCUT2D eigenvalue weighted by molar-refractivity contribution is -0.129. The van der Waals surface area contributed by atoms with Crippen molar-refractivity contribution in [3.8, 4) is 0 Å². The molecule has 1 amide bonds. The Kier molecular flexibility index (Phi) is 4.10. The zero-order valence-electron chi connectivity index (χ0n) is 7.61. The van der Waals surface area contributed by atoms with Gasteiger partial charge in [-0.1, -0.05) is 5.16 Å². The van der Waals surface area contributed by atoms with Crippen LogP contribution in [0.5, 0.6) is 0 Å². The van der Waals surface area contributed by atoms with Crippen LogP contribution in [-0.4, -0.2) is 34.4 Å². The lowest BCUT2D eigenvalue weighted by Gasteiger charge is -2.24. The third-order valence-corrected chi connectivity index (χ3v) is 1.49. The molecule has 0 aromatic rings. The molecule has 0 aromatic heterocycles. The summed E-state index contributed by atoms with van der Waals surface area (Å²) in [6.07, 6.45) is 0. The van der Waals surface area contributed by atoms with Gasteiger partial charge < -0.3 is 15.8 Å². The average molecular weight is 173 g/mol. The Morgan fingerprint density at radius 2 is 2.17 bits per heavy atom. The standard InChI is InChI=1S/C7H15N3O2/c1-5(2)10(6(3)11)4-7(8)9-12/h5,12H,4H2,1-3H3,(H2,8,9). The van der Waals surface area contributed by atoms with E-state index < -0.39 is 0 Å². The van der Waals surface area contributed by atoms with Crippen molar-refractivity contribution in [3.05, 3.63) is 0 Å². The summed E-state index contributed by atoms with van der Waals surface area (Å²) in [5.41, 5.74) is 5.26. The summed E-state index contributed by atoms with van der Waals surface area (Å²) in [6, 6.07) is 0.0581. The quantitative estimate of drug-likeness (QED) is 0.272. The minimum atomic E-state index is -0.0865. The van der Waals surface area contributed by atoms with Crippen molar-refractivity contribution in [3.63, 3.8) is 0 Å². The summed E-state index contributed by atoms with van der Waals surface area (Å²) in [6.45, 7) is 5.35. The molecule has 70 valence electrons. The first kappa shape index (κ1) is 10.7. The molecule has 0 aliphatic rings. The number of nitrogens with two attached hydrogens (primary N) is 1. The van der Waals surface area contributed by atoms with Crippen molar-refractivity contribution in [1.29, 1.82) is 0 Å².